The number of rotatable bonds is 1. The minimum Gasteiger partial charge on any atom is -0.264 e. The molecule has 3 aromatic heterocycles. The minimum absolute atomic E-state index is 0.838. The van der Waals surface area contributed by atoms with E-state index in [1.54, 1.807) is 17.7 Å². The van der Waals surface area contributed by atoms with E-state index < -0.39 is 0 Å². The summed E-state index contributed by atoms with van der Waals surface area (Å²) in [6.45, 7) is 0. The fourth-order valence-electron chi connectivity index (χ4n) is 2.11. The summed E-state index contributed by atoms with van der Waals surface area (Å²) in [5.74, 6) is 0.870. The maximum atomic E-state index is 4.73. The summed E-state index contributed by atoms with van der Waals surface area (Å²) >= 11 is 5.13. The predicted octanol–water partition coefficient (Wildman–Crippen LogP) is 3.77. The maximum Gasteiger partial charge on any atom is 0.171 e. The van der Waals surface area contributed by atoms with E-state index in [0.29, 0.717) is 0 Å². The Balaban J connectivity index is 2.16. The van der Waals surface area contributed by atoms with Crippen molar-refractivity contribution in [1.29, 1.82) is 0 Å². The second-order valence-electron chi connectivity index (χ2n) is 4.08. The predicted molar refractivity (Wildman–Crippen MR) is 79.3 cm³/mol. The molecule has 3 heterocycles. The Morgan fingerprint density at radius 2 is 2.00 bits per heavy atom. The molecule has 92 valence electrons. The van der Waals surface area contributed by atoms with Crippen LogP contribution in [0.25, 0.3) is 27.3 Å². The molecule has 0 amide bonds. The van der Waals surface area contributed by atoms with Crippen LogP contribution in [-0.4, -0.2) is 19.6 Å². The summed E-state index contributed by atoms with van der Waals surface area (Å²) < 4.78 is 3.01. The molecule has 0 saturated heterocycles. The van der Waals surface area contributed by atoms with Crippen LogP contribution in [0.3, 0.4) is 0 Å². The molecule has 0 fully saturated rings. The zero-order valence-electron chi connectivity index (χ0n) is 9.62. The van der Waals surface area contributed by atoms with Gasteiger partial charge in [0, 0.05) is 5.39 Å². The molecule has 4 nitrogen and oxygen atoms in total. The van der Waals surface area contributed by atoms with Crippen LogP contribution in [0, 0.1) is 0 Å². The first kappa shape index (κ1) is 11.1. The van der Waals surface area contributed by atoms with E-state index in [2.05, 4.69) is 26.1 Å². The van der Waals surface area contributed by atoms with Crippen molar-refractivity contribution in [2.45, 2.75) is 0 Å². The monoisotopic (exact) mass is 330 g/mol. The van der Waals surface area contributed by atoms with Crippen molar-refractivity contribution in [3.8, 4) is 10.7 Å². The Morgan fingerprint density at radius 3 is 2.84 bits per heavy atom. The molecule has 0 aliphatic heterocycles. The molecular weight excluding hydrogens is 324 g/mol. The molecule has 0 atom stereocenters. The SMILES string of the molecule is Brc1ccc(-c2nc3ccccc3c3nncn23)s1. The summed E-state index contributed by atoms with van der Waals surface area (Å²) in [7, 11) is 0. The van der Waals surface area contributed by atoms with Crippen LogP contribution < -0.4 is 0 Å². The maximum absolute atomic E-state index is 4.73. The molecule has 0 bridgehead atoms. The van der Waals surface area contributed by atoms with Gasteiger partial charge >= 0.3 is 0 Å². The van der Waals surface area contributed by atoms with Crippen molar-refractivity contribution in [3.63, 3.8) is 0 Å². The van der Waals surface area contributed by atoms with Crippen LogP contribution in [0.5, 0.6) is 0 Å². The first-order chi connectivity index (χ1) is 9.33. The van der Waals surface area contributed by atoms with Gasteiger partial charge in [0.1, 0.15) is 6.33 Å². The Bertz CT molecular complexity index is 896. The molecule has 6 heteroatoms. The number of hydrogen-bond donors (Lipinski definition) is 0. The Morgan fingerprint density at radius 1 is 1.11 bits per heavy atom. The van der Waals surface area contributed by atoms with Crippen LogP contribution in [0.15, 0.2) is 46.5 Å². The minimum atomic E-state index is 0.838. The number of thiophene rings is 1. The average molecular weight is 331 g/mol. The van der Waals surface area contributed by atoms with Crippen molar-refractivity contribution >= 4 is 43.8 Å². The summed E-state index contributed by atoms with van der Waals surface area (Å²) in [6, 6.07) is 12.0. The smallest absolute Gasteiger partial charge is 0.171 e. The van der Waals surface area contributed by atoms with Crippen molar-refractivity contribution in [1.82, 2.24) is 19.6 Å². The van der Waals surface area contributed by atoms with Crippen molar-refractivity contribution in [2.24, 2.45) is 0 Å². The van der Waals surface area contributed by atoms with Gasteiger partial charge in [0.25, 0.3) is 0 Å². The van der Waals surface area contributed by atoms with E-state index >= 15 is 0 Å². The lowest BCUT2D eigenvalue weighted by atomic mass is 10.2. The van der Waals surface area contributed by atoms with Gasteiger partial charge in [-0.15, -0.1) is 21.5 Å². The van der Waals surface area contributed by atoms with E-state index in [4.69, 9.17) is 4.98 Å². The van der Waals surface area contributed by atoms with Gasteiger partial charge in [-0.2, -0.15) is 0 Å². The highest BCUT2D eigenvalue weighted by Crippen LogP contribution is 2.31. The molecule has 0 spiro atoms. The zero-order chi connectivity index (χ0) is 12.8. The van der Waals surface area contributed by atoms with E-state index in [9.17, 15) is 0 Å². The number of fused-ring (bicyclic) bond motifs is 3. The van der Waals surface area contributed by atoms with Crippen LogP contribution in [-0.2, 0) is 0 Å². The third-order valence-corrected chi connectivity index (χ3v) is 4.56. The third-order valence-electron chi connectivity index (χ3n) is 2.94. The normalized spacial score (nSPS) is 11.4. The molecule has 4 rings (SSSR count). The van der Waals surface area contributed by atoms with Crippen LogP contribution in [0.1, 0.15) is 0 Å². The third kappa shape index (κ3) is 1.67. The van der Waals surface area contributed by atoms with Crippen LogP contribution in [0.4, 0.5) is 0 Å². The quantitative estimate of drug-likeness (QED) is 0.533. The molecule has 0 radical (unpaired) electrons. The Hall–Kier alpha value is -1.79. The Kier molecular flexibility index (Phi) is 2.39. The molecule has 1 aromatic carbocycles. The first-order valence-electron chi connectivity index (χ1n) is 5.67. The topological polar surface area (TPSA) is 43.1 Å². The molecule has 0 saturated carbocycles. The Labute approximate surface area is 120 Å². The van der Waals surface area contributed by atoms with Gasteiger partial charge in [-0.25, -0.2) is 4.98 Å². The molecule has 19 heavy (non-hydrogen) atoms. The number of halogens is 1. The van der Waals surface area contributed by atoms with Crippen molar-refractivity contribution in [3.05, 3.63) is 46.5 Å². The number of nitrogens with zero attached hydrogens (tertiary/aromatic N) is 4. The molecule has 0 unspecified atom stereocenters. The summed E-state index contributed by atoms with van der Waals surface area (Å²) in [4.78, 5) is 5.82. The lowest BCUT2D eigenvalue weighted by Gasteiger charge is -2.04. The summed E-state index contributed by atoms with van der Waals surface area (Å²) in [5.41, 5.74) is 1.77. The summed E-state index contributed by atoms with van der Waals surface area (Å²) in [5, 5.41) is 9.23. The zero-order valence-corrected chi connectivity index (χ0v) is 12.0. The highest BCUT2D eigenvalue weighted by molar-refractivity contribution is 9.11. The highest BCUT2D eigenvalue weighted by Gasteiger charge is 2.12. The largest absolute Gasteiger partial charge is 0.264 e. The van der Waals surface area contributed by atoms with Gasteiger partial charge in [-0.3, -0.25) is 4.40 Å². The van der Waals surface area contributed by atoms with Crippen molar-refractivity contribution in [2.75, 3.05) is 0 Å². The van der Waals surface area contributed by atoms with Crippen LogP contribution >= 0.6 is 27.3 Å². The van der Waals surface area contributed by atoms with Crippen molar-refractivity contribution < 1.29 is 0 Å². The van der Waals surface area contributed by atoms with Gasteiger partial charge in [-0.1, -0.05) is 12.1 Å². The van der Waals surface area contributed by atoms with Gasteiger partial charge in [0.2, 0.25) is 0 Å². The second kappa shape index (κ2) is 4.11. The lowest BCUT2D eigenvalue weighted by molar-refractivity contribution is 1.09. The standard InChI is InChI=1S/C13H7BrN4S/c14-11-6-5-10(19-11)13-16-9-4-2-1-3-8(9)12-17-15-7-18(12)13/h1-7H. The molecule has 0 aliphatic rings. The number of aromatic nitrogens is 4. The fraction of sp³-hybridized carbons (Fsp3) is 0. The summed E-state index contributed by atoms with van der Waals surface area (Å²) in [6.07, 6.45) is 1.71. The van der Waals surface area contributed by atoms with Gasteiger partial charge in [0.15, 0.2) is 11.5 Å². The number of benzene rings is 1. The number of para-hydroxylation sites is 1. The second-order valence-corrected chi connectivity index (χ2v) is 6.54. The lowest BCUT2D eigenvalue weighted by Crippen LogP contribution is -1.95. The highest BCUT2D eigenvalue weighted by atomic mass is 79.9. The van der Waals surface area contributed by atoms with E-state index in [-0.39, 0.29) is 0 Å². The van der Waals surface area contributed by atoms with Gasteiger partial charge in [-0.05, 0) is 40.2 Å². The molecule has 0 N–H and O–H groups in total. The average Bonchev–Trinajstić information content (AvgIpc) is 3.06. The molecule has 0 aliphatic carbocycles. The van der Waals surface area contributed by atoms with E-state index in [1.165, 1.54) is 0 Å². The van der Waals surface area contributed by atoms with Gasteiger partial charge in [0.05, 0.1) is 14.2 Å². The first-order valence-corrected chi connectivity index (χ1v) is 7.28. The van der Waals surface area contributed by atoms with Crippen LogP contribution in [0.2, 0.25) is 0 Å². The molecular formula is C13H7BrN4S. The van der Waals surface area contributed by atoms with Gasteiger partial charge < -0.3 is 0 Å². The fourth-order valence-corrected chi connectivity index (χ4v) is 3.48. The molecule has 4 aromatic rings. The van der Waals surface area contributed by atoms with E-state index in [1.807, 2.05) is 40.8 Å². The van der Waals surface area contributed by atoms with E-state index in [0.717, 1.165) is 31.0 Å². The number of hydrogen-bond acceptors (Lipinski definition) is 4.